The monoisotopic (exact) mass is 642 g/mol. The molecule has 1 aliphatic rings. The number of nitrogens with zero attached hydrogens (tertiary/aromatic N) is 3. The molecule has 1 saturated heterocycles. The molecule has 1 aromatic carbocycles. The van der Waals surface area contributed by atoms with Gasteiger partial charge in [-0.1, -0.05) is 6.07 Å². The van der Waals surface area contributed by atoms with Gasteiger partial charge >= 0.3 is 18.2 Å². The first-order chi connectivity index (χ1) is 20.9. The van der Waals surface area contributed by atoms with Crippen molar-refractivity contribution >= 4 is 23.6 Å². The second kappa shape index (κ2) is 14.1. The van der Waals surface area contributed by atoms with Gasteiger partial charge in [0.05, 0.1) is 11.3 Å². The molecule has 2 amide bonds. The number of hydrogen-bond donors (Lipinski definition) is 2. The Morgan fingerprint density at radius 3 is 2.29 bits per heavy atom. The number of fused-ring (bicyclic) bond motifs is 1. The number of aryl methyl sites for hydroxylation is 2. The minimum Gasteiger partial charge on any atom is -0.485 e. The third-order valence-electron chi connectivity index (χ3n) is 6.55. The van der Waals surface area contributed by atoms with Crippen LogP contribution >= 0.6 is 0 Å². The predicted octanol–water partition coefficient (Wildman–Crippen LogP) is 5.96. The fourth-order valence-corrected chi connectivity index (χ4v) is 4.56. The Labute approximate surface area is 256 Å². The highest BCUT2D eigenvalue weighted by Crippen LogP contribution is 2.26. The standard InChI is InChI=1S/C28H34F2N4O4.C2HF3O2/c1-17-13-23(37-16-20-21(29)10-8-11-22(20)30)25-31-18(2)24(34(25)14-17)26(35)32-19-9-6-7-12-33(15-19)27(36)38-28(3,4)5;3-2(4,5)1(6)7/h8,10-11,13-14,19H,6-7,9,12,15-16H2,1-5H3,(H,32,35);(H,6,7). The number of rotatable bonds is 5. The number of pyridine rings is 1. The highest BCUT2D eigenvalue weighted by molar-refractivity contribution is 5.95. The second-order valence-electron chi connectivity index (χ2n) is 11.5. The third-order valence-corrected chi connectivity index (χ3v) is 6.55. The SMILES string of the molecule is Cc1cc(OCc2c(F)cccc2F)c2nc(C)c(C(=O)NC3CCCCN(C(=O)OC(C)(C)C)C3)n2c1.O=C(O)C(F)(F)F. The van der Waals surface area contributed by atoms with Crippen molar-refractivity contribution in [3.05, 3.63) is 64.6 Å². The average Bonchev–Trinajstić information content (AvgIpc) is 3.07. The first kappa shape index (κ1) is 35.1. The summed E-state index contributed by atoms with van der Waals surface area (Å²) in [4.78, 5) is 41.2. The van der Waals surface area contributed by atoms with Crippen LogP contribution in [0.1, 0.15) is 67.3 Å². The molecule has 1 fully saturated rings. The molecule has 10 nitrogen and oxygen atoms in total. The van der Waals surface area contributed by atoms with E-state index in [9.17, 15) is 31.5 Å². The van der Waals surface area contributed by atoms with Gasteiger partial charge in [-0.2, -0.15) is 13.2 Å². The minimum absolute atomic E-state index is 0.184. The Kier molecular flexibility index (Phi) is 11.0. The fraction of sp³-hybridized carbons (Fsp3) is 0.467. The molecule has 0 spiro atoms. The van der Waals surface area contributed by atoms with E-state index in [-0.39, 0.29) is 24.1 Å². The Hall–Kier alpha value is -4.43. The van der Waals surface area contributed by atoms with Crippen molar-refractivity contribution in [3.8, 4) is 5.75 Å². The van der Waals surface area contributed by atoms with Crippen molar-refractivity contribution in [2.75, 3.05) is 13.1 Å². The van der Waals surface area contributed by atoms with E-state index in [4.69, 9.17) is 19.4 Å². The lowest BCUT2D eigenvalue weighted by atomic mass is 10.1. The topological polar surface area (TPSA) is 122 Å². The number of likely N-dealkylation sites (tertiary alicyclic amines) is 1. The van der Waals surface area contributed by atoms with E-state index in [0.29, 0.717) is 35.9 Å². The summed E-state index contributed by atoms with van der Waals surface area (Å²) >= 11 is 0. The summed E-state index contributed by atoms with van der Waals surface area (Å²) in [5.41, 5.74) is 1.17. The summed E-state index contributed by atoms with van der Waals surface area (Å²) < 4.78 is 72.9. The number of imidazole rings is 1. The van der Waals surface area contributed by atoms with E-state index in [1.54, 1.807) is 28.5 Å². The minimum atomic E-state index is -5.08. The Morgan fingerprint density at radius 2 is 1.71 bits per heavy atom. The third kappa shape index (κ3) is 9.53. The van der Waals surface area contributed by atoms with Gasteiger partial charge in [-0.25, -0.2) is 23.4 Å². The number of halogens is 5. The molecule has 2 N–H and O–H groups in total. The molecule has 3 heterocycles. The maximum absolute atomic E-state index is 14.1. The molecule has 0 saturated carbocycles. The summed E-state index contributed by atoms with van der Waals surface area (Å²) in [6.07, 6.45) is -1.31. The summed E-state index contributed by atoms with van der Waals surface area (Å²) in [5.74, 6) is -4.18. The van der Waals surface area contributed by atoms with Crippen LogP contribution in [0.25, 0.3) is 5.65 Å². The summed E-state index contributed by atoms with van der Waals surface area (Å²) in [6.45, 7) is 9.60. The fourth-order valence-electron chi connectivity index (χ4n) is 4.56. The maximum atomic E-state index is 14.1. The number of nitrogens with one attached hydrogen (secondary N) is 1. The van der Waals surface area contributed by atoms with Crippen LogP contribution < -0.4 is 10.1 Å². The van der Waals surface area contributed by atoms with Crippen molar-refractivity contribution in [1.82, 2.24) is 19.6 Å². The van der Waals surface area contributed by atoms with Crippen LogP contribution in [0.2, 0.25) is 0 Å². The molecule has 3 aromatic rings. The number of ether oxygens (including phenoxy) is 2. The van der Waals surface area contributed by atoms with E-state index < -0.39 is 35.5 Å². The van der Waals surface area contributed by atoms with Gasteiger partial charge in [-0.3, -0.25) is 9.20 Å². The van der Waals surface area contributed by atoms with Crippen LogP contribution in [0.3, 0.4) is 0 Å². The van der Waals surface area contributed by atoms with Crippen LogP contribution in [0, 0.1) is 25.5 Å². The predicted molar refractivity (Wildman–Crippen MR) is 152 cm³/mol. The van der Waals surface area contributed by atoms with E-state index in [0.717, 1.165) is 24.8 Å². The summed E-state index contributed by atoms with van der Waals surface area (Å²) in [6, 6.07) is 5.10. The number of alkyl halides is 3. The highest BCUT2D eigenvalue weighted by Gasteiger charge is 2.38. The van der Waals surface area contributed by atoms with Crippen LogP contribution in [-0.2, 0) is 16.1 Å². The molecule has 246 valence electrons. The number of carbonyl (C=O) groups excluding carboxylic acids is 2. The maximum Gasteiger partial charge on any atom is 0.490 e. The number of aromatic nitrogens is 2. The molecule has 0 bridgehead atoms. The van der Waals surface area contributed by atoms with Gasteiger partial charge in [0.1, 0.15) is 29.5 Å². The van der Waals surface area contributed by atoms with Crippen LogP contribution in [0.5, 0.6) is 5.75 Å². The number of hydrogen-bond acceptors (Lipinski definition) is 6. The number of benzene rings is 1. The van der Waals surface area contributed by atoms with E-state index in [2.05, 4.69) is 10.3 Å². The van der Waals surface area contributed by atoms with Gasteiger partial charge in [-0.15, -0.1) is 0 Å². The van der Waals surface area contributed by atoms with Gasteiger partial charge in [-0.05, 0) is 77.6 Å². The van der Waals surface area contributed by atoms with Crippen LogP contribution in [-0.4, -0.2) is 68.3 Å². The number of carboxylic acids is 1. The van der Waals surface area contributed by atoms with Crippen molar-refractivity contribution in [3.63, 3.8) is 0 Å². The molecule has 45 heavy (non-hydrogen) atoms. The lowest BCUT2D eigenvalue weighted by Crippen LogP contribution is -2.46. The molecule has 1 aliphatic heterocycles. The lowest BCUT2D eigenvalue weighted by molar-refractivity contribution is -0.192. The Morgan fingerprint density at radius 1 is 1.09 bits per heavy atom. The number of amides is 2. The largest absolute Gasteiger partial charge is 0.490 e. The molecule has 0 radical (unpaired) electrons. The van der Waals surface area contributed by atoms with Gasteiger partial charge in [0, 0.05) is 25.3 Å². The molecular weight excluding hydrogens is 607 g/mol. The Bertz CT molecular complexity index is 1530. The zero-order chi connectivity index (χ0) is 33.7. The van der Waals surface area contributed by atoms with Gasteiger partial charge in [0.25, 0.3) is 5.91 Å². The zero-order valence-electron chi connectivity index (χ0n) is 25.4. The van der Waals surface area contributed by atoms with Gasteiger partial charge in [0.15, 0.2) is 11.4 Å². The van der Waals surface area contributed by atoms with E-state index >= 15 is 0 Å². The summed E-state index contributed by atoms with van der Waals surface area (Å²) in [7, 11) is 0. The van der Waals surface area contributed by atoms with Gasteiger partial charge < -0.3 is 24.8 Å². The van der Waals surface area contributed by atoms with Crippen molar-refractivity contribution < 1.29 is 50.9 Å². The van der Waals surface area contributed by atoms with Crippen molar-refractivity contribution in [2.45, 2.75) is 78.3 Å². The molecule has 2 aromatic heterocycles. The zero-order valence-corrected chi connectivity index (χ0v) is 25.4. The molecule has 1 atom stereocenters. The lowest BCUT2D eigenvalue weighted by Gasteiger charge is -2.28. The molecule has 0 aliphatic carbocycles. The normalized spacial score (nSPS) is 15.5. The quantitative estimate of drug-likeness (QED) is 0.330. The molecule has 4 rings (SSSR count). The number of carbonyl (C=O) groups is 3. The van der Waals surface area contributed by atoms with Gasteiger partial charge in [0.2, 0.25) is 0 Å². The first-order valence-electron chi connectivity index (χ1n) is 14.0. The number of aliphatic carboxylic acids is 1. The second-order valence-corrected chi connectivity index (χ2v) is 11.5. The van der Waals surface area contributed by atoms with Crippen molar-refractivity contribution in [2.24, 2.45) is 0 Å². The summed E-state index contributed by atoms with van der Waals surface area (Å²) in [5, 5.41) is 10.2. The van der Waals surface area contributed by atoms with E-state index in [1.165, 1.54) is 18.2 Å². The number of carboxylic acid groups (broad SMARTS) is 1. The Balaban J connectivity index is 0.000000707. The highest BCUT2D eigenvalue weighted by atomic mass is 19.4. The molecule has 1 unspecified atom stereocenters. The van der Waals surface area contributed by atoms with Crippen LogP contribution in [0.4, 0.5) is 26.7 Å². The first-order valence-corrected chi connectivity index (χ1v) is 14.0. The molecule has 15 heteroatoms. The molecular formula is C30H35F5N4O6. The average molecular weight is 643 g/mol. The van der Waals surface area contributed by atoms with Crippen LogP contribution in [0.15, 0.2) is 30.5 Å². The smallest absolute Gasteiger partial charge is 0.485 e. The van der Waals surface area contributed by atoms with E-state index in [1.807, 2.05) is 27.7 Å². The van der Waals surface area contributed by atoms with Crippen molar-refractivity contribution in [1.29, 1.82) is 0 Å².